The summed E-state index contributed by atoms with van der Waals surface area (Å²) in [7, 11) is 1.60. The topological polar surface area (TPSA) is 73.9 Å². The smallest absolute Gasteiger partial charge is 0.306 e. The Balaban J connectivity index is 1.64. The predicted octanol–water partition coefficient (Wildman–Crippen LogP) is 3.41. The molecule has 0 aliphatic rings. The molecule has 0 unspecified atom stereocenters. The number of hydrogen-bond donors (Lipinski definition) is 1. The molecule has 0 saturated heterocycles. The first-order chi connectivity index (χ1) is 13.5. The molecule has 0 heterocycles. The third kappa shape index (κ3) is 7.31. The molecule has 0 radical (unpaired) electrons. The molecule has 6 heteroatoms. The quantitative estimate of drug-likeness (QED) is 0.501. The van der Waals surface area contributed by atoms with Crippen LogP contribution in [0.15, 0.2) is 48.5 Å². The summed E-state index contributed by atoms with van der Waals surface area (Å²) in [6.45, 7) is 4.32. The van der Waals surface area contributed by atoms with E-state index in [0.717, 1.165) is 22.6 Å². The van der Waals surface area contributed by atoms with Crippen molar-refractivity contribution in [3.05, 3.63) is 59.7 Å². The molecule has 0 fully saturated rings. The van der Waals surface area contributed by atoms with Gasteiger partial charge in [-0.15, -0.1) is 0 Å². The Kier molecular flexibility index (Phi) is 8.34. The summed E-state index contributed by atoms with van der Waals surface area (Å²) in [5.41, 5.74) is 2.05. The van der Waals surface area contributed by atoms with Crippen LogP contribution in [0.25, 0.3) is 0 Å². The third-order valence-electron chi connectivity index (χ3n) is 4.09. The number of carbonyl (C=O) groups excluding carboxylic acids is 2. The number of esters is 1. The van der Waals surface area contributed by atoms with Gasteiger partial charge in [0.05, 0.1) is 13.7 Å². The first-order valence-electron chi connectivity index (χ1n) is 9.27. The van der Waals surface area contributed by atoms with E-state index in [0.29, 0.717) is 19.6 Å². The van der Waals surface area contributed by atoms with Crippen molar-refractivity contribution < 1.29 is 23.8 Å². The fourth-order valence-electron chi connectivity index (χ4n) is 2.50. The van der Waals surface area contributed by atoms with E-state index in [1.165, 1.54) is 0 Å². The van der Waals surface area contributed by atoms with Gasteiger partial charge in [0.15, 0.2) is 6.10 Å². The van der Waals surface area contributed by atoms with Gasteiger partial charge in [-0.05, 0) is 55.7 Å². The van der Waals surface area contributed by atoms with Gasteiger partial charge in [0, 0.05) is 13.0 Å². The summed E-state index contributed by atoms with van der Waals surface area (Å²) in [5.74, 6) is 0.781. The number of amides is 1. The van der Waals surface area contributed by atoms with Crippen molar-refractivity contribution in [2.45, 2.75) is 39.3 Å². The monoisotopic (exact) mass is 385 g/mol. The number of benzene rings is 2. The molecule has 0 spiro atoms. The highest BCUT2D eigenvalue weighted by atomic mass is 16.5. The van der Waals surface area contributed by atoms with Crippen LogP contribution in [0.5, 0.6) is 11.5 Å². The minimum Gasteiger partial charge on any atom is -0.497 e. The summed E-state index contributed by atoms with van der Waals surface area (Å²) in [6, 6.07) is 15.1. The molecular weight excluding hydrogens is 358 g/mol. The normalized spacial score (nSPS) is 11.4. The van der Waals surface area contributed by atoms with Crippen molar-refractivity contribution in [1.82, 2.24) is 5.32 Å². The van der Waals surface area contributed by atoms with Crippen LogP contribution in [-0.4, -0.2) is 31.7 Å². The Labute approximate surface area is 165 Å². The molecule has 1 atom stereocenters. The van der Waals surface area contributed by atoms with Crippen molar-refractivity contribution in [3.8, 4) is 11.5 Å². The second-order valence-electron chi connectivity index (χ2n) is 6.47. The number of carbonyl (C=O) groups is 2. The molecule has 0 aromatic heterocycles. The van der Waals surface area contributed by atoms with E-state index in [1.807, 2.05) is 55.5 Å². The van der Waals surface area contributed by atoms with Gasteiger partial charge in [0.2, 0.25) is 0 Å². The van der Waals surface area contributed by atoms with E-state index in [-0.39, 0.29) is 12.3 Å². The molecule has 2 aromatic rings. The maximum atomic E-state index is 12.1. The lowest BCUT2D eigenvalue weighted by Crippen LogP contribution is -2.35. The van der Waals surface area contributed by atoms with Gasteiger partial charge in [0.25, 0.3) is 5.91 Å². The van der Waals surface area contributed by atoms with Gasteiger partial charge in [-0.1, -0.05) is 24.3 Å². The molecular formula is C22H27NO5. The lowest BCUT2D eigenvalue weighted by Gasteiger charge is -2.14. The van der Waals surface area contributed by atoms with Crippen molar-refractivity contribution >= 4 is 11.9 Å². The number of methoxy groups -OCH3 is 1. The lowest BCUT2D eigenvalue weighted by molar-refractivity contribution is -0.155. The molecule has 1 amide bonds. The molecule has 28 heavy (non-hydrogen) atoms. The zero-order valence-corrected chi connectivity index (χ0v) is 16.6. The molecule has 2 rings (SSSR count). The molecule has 1 N–H and O–H groups in total. The average Bonchev–Trinajstić information content (AvgIpc) is 2.69. The van der Waals surface area contributed by atoms with Crippen LogP contribution in [-0.2, 0) is 20.9 Å². The largest absolute Gasteiger partial charge is 0.497 e. The van der Waals surface area contributed by atoms with Gasteiger partial charge in [0.1, 0.15) is 11.5 Å². The van der Waals surface area contributed by atoms with Gasteiger partial charge in [-0.3, -0.25) is 9.59 Å². The highest BCUT2D eigenvalue weighted by Crippen LogP contribution is 2.13. The fraction of sp³-hybridized carbons (Fsp3) is 0.364. The van der Waals surface area contributed by atoms with Crippen LogP contribution in [0.4, 0.5) is 0 Å². The van der Waals surface area contributed by atoms with Crippen LogP contribution in [0.1, 0.15) is 30.9 Å². The third-order valence-corrected chi connectivity index (χ3v) is 4.09. The summed E-state index contributed by atoms with van der Waals surface area (Å²) in [5, 5.41) is 2.75. The zero-order valence-electron chi connectivity index (χ0n) is 16.6. The predicted molar refractivity (Wildman–Crippen MR) is 106 cm³/mol. The van der Waals surface area contributed by atoms with E-state index in [2.05, 4.69) is 5.32 Å². The number of ether oxygens (including phenoxy) is 3. The number of rotatable bonds is 10. The maximum Gasteiger partial charge on any atom is 0.306 e. The second kappa shape index (κ2) is 11.0. The minimum absolute atomic E-state index is 0.196. The minimum atomic E-state index is -0.844. The van der Waals surface area contributed by atoms with Gasteiger partial charge >= 0.3 is 5.97 Å². The van der Waals surface area contributed by atoms with Crippen LogP contribution in [0.3, 0.4) is 0 Å². The Morgan fingerprint density at radius 1 is 1.07 bits per heavy atom. The number of hydrogen-bond acceptors (Lipinski definition) is 5. The summed E-state index contributed by atoms with van der Waals surface area (Å²) in [6.07, 6.45) is -0.127. The summed E-state index contributed by atoms with van der Waals surface area (Å²) >= 11 is 0. The van der Waals surface area contributed by atoms with E-state index in [9.17, 15) is 9.59 Å². The SMILES string of the molecule is COc1ccc(CNC(=O)[C@H](C)OC(=O)CCCOc2cccc(C)c2)cc1. The summed E-state index contributed by atoms with van der Waals surface area (Å²) < 4.78 is 15.9. The van der Waals surface area contributed by atoms with Crippen molar-refractivity contribution in [2.24, 2.45) is 0 Å². The standard InChI is InChI=1S/C22H27NO5/c1-16-6-4-7-20(14-16)27-13-5-8-21(24)28-17(2)22(25)23-15-18-9-11-19(26-3)12-10-18/h4,6-7,9-12,14,17H,5,8,13,15H2,1-3H3,(H,23,25)/t17-/m0/s1. The molecule has 0 saturated carbocycles. The maximum absolute atomic E-state index is 12.1. The van der Waals surface area contributed by atoms with Crippen molar-refractivity contribution in [2.75, 3.05) is 13.7 Å². The van der Waals surface area contributed by atoms with Crippen molar-refractivity contribution in [1.29, 1.82) is 0 Å². The fourth-order valence-corrected chi connectivity index (χ4v) is 2.50. The molecule has 0 aliphatic heterocycles. The van der Waals surface area contributed by atoms with Crippen molar-refractivity contribution in [3.63, 3.8) is 0 Å². The molecule has 0 bridgehead atoms. The van der Waals surface area contributed by atoms with Gasteiger partial charge < -0.3 is 19.5 Å². The first kappa shape index (κ1) is 21.3. The van der Waals surface area contributed by atoms with Crippen LogP contribution >= 0.6 is 0 Å². The molecule has 0 aliphatic carbocycles. The summed E-state index contributed by atoms with van der Waals surface area (Å²) in [4.78, 5) is 24.0. The van der Waals surface area contributed by atoms with E-state index in [1.54, 1.807) is 14.0 Å². The van der Waals surface area contributed by atoms with E-state index < -0.39 is 12.1 Å². The van der Waals surface area contributed by atoms with Gasteiger partial charge in [-0.25, -0.2) is 0 Å². The van der Waals surface area contributed by atoms with Crippen LogP contribution in [0.2, 0.25) is 0 Å². The average molecular weight is 385 g/mol. The van der Waals surface area contributed by atoms with E-state index in [4.69, 9.17) is 14.2 Å². The Morgan fingerprint density at radius 2 is 1.82 bits per heavy atom. The zero-order chi connectivity index (χ0) is 20.4. The molecule has 2 aromatic carbocycles. The highest BCUT2D eigenvalue weighted by Gasteiger charge is 2.17. The molecule has 150 valence electrons. The van der Waals surface area contributed by atoms with Crippen LogP contribution < -0.4 is 14.8 Å². The Morgan fingerprint density at radius 3 is 2.50 bits per heavy atom. The van der Waals surface area contributed by atoms with Crippen LogP contribution in [0, 0.1) is 6.92 Å². The van der Waals surface area contributed by atoms with Gasteiger partial charge in [-0.2, -0.15) is 0 Å². The Bertz CT molecular complexity index is 773. The highest BCUT2D eigenvalue weighted by molar-refractivity contribution is 5.83. The number of aryl methyl sites for hydroxylation is 1. The molecule has 6 nitrogen and oxygen atoms in total. The Hall–Kier alpha value is -3.02. The first-order valence-corrected chi connectivity index (χ1v) is 9.27. The lowest BCUT2D eigenvalue weighted by atomic mass is 10.2. The number of nitrogens with one attached hydrogen (secondary N) is 1. The second-order valence-corrected chi connectivity index (χ2v) is 6.47. The van der Waals surface area contributed by atoms with E-state index >= 15 is 0 Å².